The highest BCUT2D eigenvalue weighted by Crippen LogP contribution is 2.23. The normalized spacial score (nSPS) is 10.5. The second kappa shape index (κ2) is 3.77. The van der Waals surface area contributed by atoms with Crippen LogP contribution in [0.2, 0.25) is 0 Å². The lowest BCUT2D eigenvalue weighted by Gasteiger charge is -1.96. The van der Waals surface area contributed by atoms with Crippen LogP contribution in [0.1, 0.15) is 18.4 Å². The van der Waals surface area contributed by atoms with Crippen molar-refractivity contribution in [3.8, 4) is 11.5 Å². The highest BCUT2D eigenvalue weighted by Gasteiger charge is 2.09. The lowest BCUT2D eigenvalue weighted by molar-refractivity contribution is 0.522. The maximum atomic E-state index is 5.70. The summed E-state index contributed by atoms with van der Waals surface area (Å²) in [6.45, 7) is 4.01. The predicted molar refractivity (Wildman–Crippen MR) is 60.5 cm³/mol. The van der Waals surface area contributed by atoms with E-state index in [9.17, 15) is 0 Å². The first kappa shape index (κ1) is 9.77. The molecule has 0 saturated heterocycles. The lowest BCUT2D eigenvalue weighted by Crippen LogP contribution is -1.85. The molecular formula is C12H14N2O. The molecule has 2 aromatic rings. The van der Waals surface area contributed by atoms with Gasteiger partial charge in [0.05, 0.1) is 5.69 Å². The van der Waals surface area contributed by atoms with E-state index in [1.54, 1.807) is 0 Å². The zero-order valence-corrected chi connectivity index (χ0v) is 8.95. The quantitative estimate of drug-likeness (QED) is 0.762. The molecule has 1 aromatic carbocycles. The topological polar surface area (TPSA) is 52.0 Å². The standard InChI is InChI=1S/C12H14N2O/c1-3-11-8(2)14-12(15-11)9-5-4-6-10(13)7-9/h4-7H,3,13H2,1-2H3. The van der Waals surface area contributed by atoms with Gasteiger partial charge in [-0.2, -0.15) is 0 Å². The van der Waals surface area contributed by atoms with Crippen LogP contribution in [0.5, 0.6) is 0 Å². The number of rotatable bonds is 2. The first-order chi connectivity index (χ1) is 7.20. The van der Waals surface area contributed by atoms with Crippen molar-refractivity contribution in [2.45, 2.75) is 20.3 Å². The Balaban J connectivity index is 2.45. The van der Waals surface area contributed by atoms with Crippen molar-refractivity contribution in [2.75, 3.05) is 5.73 Å². The Hall–Kier alpha value is -1.77. The van der Waals surface area contributed by atoms with Crippen molar-refractivity contribution in [3.05, 3.63) is 35.7 Å². The molecule has 0 atom stereocenters. The molecule has 0 amide bonds. The van der Waals surface area contributed by atoms with Crippen molar-refractivity contribution >= 4 is 5.69 Å². The molecule has 0 bridgehead atoms. The molecule has 2 rings (SSSR count). The Morgan fingerprint density at radius 3 is 2.80 bits per heavy atom. The van der Waals surface area contributed by atoms with Gasteiger partial charge in [0.15, 0.2) is 0 Å². The monoisotopic (exact) mass is 202 g/mol. The molecule has 1 aromatic heterocycles. The molecule has 0 aliphatic rings. The van der Waals surface area contributed by atoms with Gasteiger partial charge in [-0.15, -0.1) is 0 Å². The van der Waals surface area contributed by atoms with E-state index in [0.717, 1.165) is 29.1 Å². The fourth-order valence-electron chi connectivity index (χ4n) is 1.55. The Morgan fingerprint density at radius 1 is 1.40 bits per heavy atom. The van der Waals surface area contributed by atoms with Gasteiger partial charge >= 0.3 is 0 Å². The van der Waals surface area contributed by atoms with Crippen molar-refractivity contribution < 1.29 is 4.42 Å². The van der Waals surface area contributed by atoms with Crippen LogP contribution in [0.4, 0.5) is 5.69 Å². The van der Waals surface area contributed by atoms with Gasteiger partial charge in [-0.1, -0.05) is 13.0 Å². The average Bonchev–Trinajstić information content (AvgIpc) is 2.60. The van der Waals surface area contributed by atoms with E-state index < -0.39 is 0 Å². The zero-order valence-electron chi connectivity index (χ0n) is 8.95. The van der Waals surface area contributed by atoms with Crippen LogP contribution in [0, 0.1) is 6.92 Å². The second-order valence-electron chi connectivity index (χ2n) is 3.51. The molecular weight excluding hydrogens is 188 g/mol. The molecule has 0 aliphatic heterocycles. The fraction of sp³-hybridized carbons (Fsp3) is 0.250. The Labute approximate surface area is 88.9 Å². The molecule has 2 N–H and O–H groups in total. The second-order valence-corrected chi connectivity index (χ2v) is 3.51. The lowest BCUT2D eigenvalue weighted by atomic mass is 10.2. The van der Waals surface area contributed by atoms with Crippen LogP contribution in [0.25, 0.3) is 11.5 Å². The third-order valence-electron chi connectivity index (χ3n) is 2.35. The summed E-state index contributed by atoms with van der Waals surface area (Å²) in [7, 11) is 0. The van der Waals surface area contributed by atoms with E-state index in [1.165, 1.54) is 0 Å². The number of aryl methyl sites for hydroxylation is 2. The van der Waals surface area contributed by atoms with Gasteiger partial charge in [-0.3, -0.25) is 0 Å². The molecule has 0 fully saturated rings. The third-order valence-corrected chi connectivity index (χ3v) is 2.35. The number of nitrogens with zero attached hydrogens (tertiary/aromatic N) is 1. The first-order valence-electron chi connectivity index (χ1n) is 5.03. The number of nitrogens with two attached hydrogens (primary N) is 1. The SMILES string of the molecule is CCc1oc(-c2cccc(N)c2)nc1C. The molecule has 0 spiro atoms. The van der Waals surface area contributed by atoms with E-state index >= 15 is 0 Å². The minimum absolute atomic E-state index is 0.650. The van der Waals surface area contributed by atoms with Crippen LogP contribution in [-0.2, 0) is 6.42 Å². The van der Waals surface area contributed by atoms with E-state index in [2.05, 4.69) is 11.9 Å². The van der Waals surface area contributed by atoms with Crippen LogP contribution in [0.3, 0.4) is 0 Å². The van der Waals surface area contributed by atoms with E-state index in [-0.39, 0.29) is 0 Å². The van der Waals surface area contributed by atoms with Gasteiger partial charge in [0.2, 0.25) is 5.89 Å². The Bertz CT molecular complexity index is 474. The van der Waals surface area contributed by atoms with Crippen LogP contribution < -0.4 is 5.73 Å². The summed E-state index contributed by atoms with van der Waals surface area (Å²) in [5, 5.41) is 0. The van der Waals surface area contributed by atoms with Gasteiger partial charge in [0.25, 0.3) is 0 Å². The highest BCUT2D eigenvalue weighted by atomic mass is 16.4. The highest BCUT2D eigenvalue weighted by molar-refractivity contribution is 5.60. The maximum absolute atomic E-state index is 5.70. The molecule has 3 nitrogen and oxygen atoms in total. The molecule has 15 heavy (non-hydrogen) atoms. The summed E-state index contributed by atoms with van der Waals surface area (Å²) in [6.07, 6.45) is 0.862. The smallest absolute Gasteiger partial charge is 0.226 e. The van der Waals surface area contributed by atoms with Gasteiger partial charge in [0, 0.05) is 17.7 Å². The van der Waals surface area contributed by atoms with Crippen LogP contribution in [-0.4, -0.2) is 4.98 Å². The maximum Gasteiger partial charge on any atom is 0.226 e. The van der Waals surface area contributed by atoms with E-state index in [0.29, 0.717) is 5.89 Å². The molecule has 0 saturated carbocycles. The van der Waals surface area contributed by atoms with Crippen LogP contribution >= 0.6 is 0 Å². The van der Waals surface area contributed by atoms with E-state index in [1.807, 2.05) is 31.2 Å². The van der Waals surface area contributed by atoms with Crippen molar-refractivity contribution in [1.82, 2.24) is 4.98 Å². The summed E-state index contributed by atoms with van der Waals surface area (Å²) in [4.78, 5) is 4.37. The average molecular weight is 202 g/mol. The predicted octanol–water partition coefficient (Wildman–Crippen LogP) is 2.79. The number of oxazole rings is 1. The number of nitrogen functional groups attached to an aromatic ring is 1. The summed E-state index contributed by atoms with van der Waals surface area (Å²) in [6, 6.07) is 7.56. The van der Waals surface area contributed by atoms with Gasteiger partial charge in [-0.05, 0) is 25.1 Å². The third kappa shape index (κ3) is 1.86. The minimum Gasteiger partial charge on any atom is -0.441 e. The number of hydrogen-bond acceptors (Lipinski definition) is 3. The number of benzene rings is 1. The van der Waals surface area contributed by atoms with Gasteiger partial charge in [-0.25, -0.2) is 4.98 Å². The van der Waals surface area contributed by atoms with Crippen molar-refractivity contribution in [3.63, 3.8) is 0 Å². The fourth-order valence-corrected chi connectivity index (χ4v) is 1.55. The molecule has 0 unspecified atom stereocenters. The molecule has 78 valence electrons. The Kier molecular flexibility index (Phi) is 2.46. The summed E-state index contributed by atoms with van der Waals surface area (Å²) in [5.74, 6) is 1.59. The van der Waals surface area contributed by atoms with Gasteiger partial charge in [0.1, 0.15) is 5.76 Å². The Morgan fingerprint density at radius 2 is 2.20 bits per heavy atom. The van der Waals surface area contributed by atoms with Crippen LogP contribution in [0.15, 0.2) is 28.7 Å². The summed E-state index contributed by atoms with van der Waals surface area (Å²) >= 11 is 0. The minimum atomic E-state index is 0.650. The van der Waals surface area contributed by atoms with Crippen molar-refractivity contribution in [2.24, 2.45) is 0 Å². The first-order valence-corrected chi connectivity index (χ1v) is 5.03. The van der Waals surface area contributed by atoms with E-state index in [4.69, 9.17) is 10.2 Å². The number of hydrogen-bond donors (Lipinski definition) is 1. The van der Waals surface area contributed by atoms with Gasteiger partial charge < -0.3 is 10.2 Å². The number of aromatic nitrogens is 1. The molecule has 0 aliphatic carbocycles. The largest absolute Gasteiger partial charge is 0.441 e. The molecule has 0 radical (unpaired) electrons. The molecule has 1 heterocycles. The zero-order chi connectivity index (χ0) is 10.8. The molecule has 3 heteroatoms. The van der Waals surface area contributed by atoms with Crippen molar-refractivity contribution in [1.29, 1.82) is 0 Å². The summed E-state index contributed by atoms with van der Waals surface area (Å²) < 4.78 is 5.64. The summed E-state index contributed by atoms with van der Waals surface area (Å²) in [5.41, 5.74) is 8.31. The number of anilines is 1.